The number of ether oxygens (including phenoxy) is 1. The van der Waals surface area contributed by atoms with Crippen molar-refractivity contribution in [1.29, 1.82) is 0 Å². The average Bonchev–Trinajstić information content (AvgIpc) is 2.30. The number of carboxylic acids is 1. The molecule has 0 aromatic heterocycles. The van der Waals surface area contributed by atoms with Crippen LogP contribution in [0.2, 0.25) is 0 Å². The number of carbonyl (C=O) groups excluding carboxylic acids is 1. The lowest BCUT2D eigenvalue weighted by Crippen LogP contribution is -2.18. The largest absolute Gasteiger partial charge is 0.478 e. The first-order valence-electron chi connectivity index (χ1n) is 5.47. The molecule has 0 aliphatic heterocycles. The maximum atomic E-state index is 13.0. The second-order valence-electron chi connectivity index (χ2n) is 4.23. The molecule has 0 heterocycles. The molecular formula is C12H13F2NO4. The zero-order valence-corrected chi connectivity index (χ0v) is 10.4. The number of rotatable bonds is 4. The third-order valence-corrected chi connectivity index (χ3v) is 2.08. The van der Waals surface area contributed by atoms with Gasteiger partial charge in [-0.25, -0.2) is 18.4 Å². The van der Waals surface area contributed by atoms with Gasteiger partial charge in [0.15, 0.2) is 11.6 Å². The molecule has 1 aromatic rings. The van der Waals surface area contributed by atoms with Crippen molar-refractivity contribution in [2.75, 3.05) is 11.9 Å². The Morgan fingerprint density at radius 1 is 1.32 bits per heavy atom. The summed E-state index contributed by atoms with van der Waals surface area (Å²) in [4.78, 5) is 22.2. The molecule has 2 N–H and O–H groups in total. The van der Waals surface area contributed by atoms with Gasteiger partial charge >= 0.3 is 12.1 Å². The van der Waals surface area contributed by atoms with Crippen LogP contribution in [0.15, 0.2) is 12.1 Å². The molecule has 0 saturated carbocycles. The molecule has 7 heteroatoms. The third-order valence-electron chi connectivity index (χ3n) is 2.08. The standard InChI is InChI=1S/C12H13F2NO4/c1-6(2)5-19-12(18)15-10-4-9(14)8(13)3-7(10)11(16)17/h3-4,6H,5H2,1-2H3,(H,15,18)(H,16,17). The Kier molecular flexibility index (Phi) is 4.80. The maximum Gasteiger partial charge on any atom is 0.411 e. The predicted octanol–water partition coefficient (Wildman–Crippen LogP) is 2.87. The molecule has 0 atom stereocenters. The summed E-state index contributed by atoms with van der Waals surface area (Å²) >= 11 is 0. The van der Waals surface area contributed by atoms with E-state index in [1.54, 1.807) is 0 Å². The predicted molar refractivity (Wildman–Crippen MR) is 63.1 cm³/mol. The zero-order valence-electron chi connectivity index (χ0n) is 10.4. The minimum atomic E-state index is -1.49. The van der Waals surface area contributed by atoms with Gasteiger partial charge in [0.05, 0.1) is 17.9 Å². The summed E-state index contributed by atoms with van der Waals surface area (Å²) in [6.07, 6.45) is -0.929. The fourth-order valence-electron chi connectivity index (χ4n) is 1.22. The number of nitrogens with one attached hydrogen (secondary N) is 1. The van der Waals surface area contributed by atoms with Crippen LogP contribution in [0.1, 0.15) is 24.2 Å². The summed E-state index contributed by atoms with van der Waals surface area (Å²) in [5.41, 5.74) is -0.916. The number of hydrogen-bond donors (Lipinski definition) is 2. The van der Waals surface area contributed by atoms with Gasteiger partial charge in [0.2, 0.25) is 0 Å². The van der Waals surface area contributed by atoms with E-state index in [2.05, 4.69) is 5.32 Å². The molecular weight excluding hydrogens is 260 g/mol. The first-order valence-corrected chi connectivity index (χ1v) is 5.47. The molecule has 104 valence electrons. The van der Waals surface area contributed by atoms with E-state index in [1.165, 1.54) is 0 Å². The van der Waals surface area contributed by atoms with Gasteiger partial charge in [0.25, 0.3) is 0 Å². The van der Waals surface area contributed by atoms with E-state index in [9.17, 15) is 18.4 Å². The van der Waals surface area contributed by atoms with Crippen molar-refractivity contribution in [3.63, 3.8) is 0 Å². The molecule has 0 aliphatic carbocycles. The maximum absolute atomic E-state index is 13.0. The molecule has 0 bridgehead atoms. The molecule has 1 aromatic carbocycles. The second-order valence-corrected chi connectivity index (χ2v) is 4.23. The van der Waals surface area contributed by atoms with Crippen LogP contribution in [0.3, 0.4) is 0 Å². The molecule has 0 fully saturated rings. The van der Waals surface area contributed by atoms with Crippen molar-refractivity contribution in [3.8, 4) is 0 Å². The Bertz CT molecular complexity index is 503. The molecule has 0 saturated heterocycles. The molecule has 0 aliphatic rings. The van der Waals surface area contributed by atoms with Gasteiger partial charge in [-0.1, -0.05) is 13.8 Å². The fourth-order valence-corrected chi connectivity index (χ4v) is 1.22. The number of carboxylic acid groups (broad SMARTS) is 1. The third kappa shape index (κ3) is 4.20. The molecule has 1 amide bonds. The van der Waals surface area contributed by atoms with Crippen LogP contribution in [-0.4, -0.2) is 23.8 Å². The first-order chi connectivity index (χ1) is 8.81. The van der Waals surface area contributed by atoms with E-state index in [4.69, 9.17) is 9.84 Å². The van der Waals surface area contributed by atoms with E-state index in [1.807, 2.05) is 13.8 Å². The summed E-state index contributed by atoms with van der Waals surface area (Å²) in [7, 11) is 0. The van der Waals surface area contributed by atoms with Gasteiger partial charge in [-0.3, -0.25) is 5.32 Å². The second kappa shape index (κ2) is 6.12. The summed E-state index contributed by atoms with van der Waals surface area (Å²) in [5.74, 6) is -3.96. The average molecular weight is 273 g/mol. The number of amides is 1. The van der Waals surface area contributed by atoms with Crippen molar-refractivity contribution in [2.24, 2.45) is 5.92 Å². The topological polar surface area (TPSA) is 75.6 Å². The molecule has 1 rings (SSSR count). The van der Waals surface area contributed by atoms with E-state index in [0.717, 1.165) is 0 Å². The van der Waals surface area contributed by atoms with Crippen LogP contribution in [0.4, 0.5) is 19.3 Å². The van der Waals surface area contributed by atoms with E-state index < -0.39 is 29.3 Å². The van der Waals surface area contributed by atoms with E-state index in [-0.39, 0.29) is 18.2 Å². The lowest BCUT2D eigenvalue weighted by atomic mass is 10.1. The van der Waals surface area contributed by atoms with Crippen LogP contribution < -0.4 is 5.32 Å². The molecule has 0 unspecified atom stereocenters. The van der Waals surface area contributed by atoms with E-state index >= 15 is 0 Å². The minimum Gasteiger partial charge on any atom is -0.478 e. The van der Waals surface area contributed by atoms with Gasteiger partial charge in [-0.05, 0) is 12.0 Å². The lowest BCUT2D eigenvalue weighted by molar-refractivity contribution is 0.0697. The molecule has 5 nitrogen and oxygen atoms in total. The number of benzene rings is 1. The SMILES string of the molecule is CC(C)COC(=O)Nc1cc(F)c(F)cc1C(=O)O. The monoisotopic (exact) mass is 273 g/mol. The van der Waals surface area contributed by atoms with Gasteiger partial charge in [-0.15, -0.1) is 0 Å². The van der Waals surface area contributed by atoms with Gasteiger partial charge in [0, 0.05) is 6.07 Å². The van der Waals surface area contributed by atoms with Gasteiger partial charge < -0.3 is 9.84 Å². The smallest absolute Gasteiger partial charge is 0.411 e. The van der Waals surface area contributed by atoms with E-state index in [0.29, 0.717) is 12.1 Å². The Morgan fingerprint density at radius 2 is 1.89 bits per heavy atom. The van der Waals surface area contributed by atoms with Crippen LogP contribution in [0.5, 0.6) is 0 Å². The van der Waals surface area contributed by atoms with Crippen molar-refractivity contribution < 1.29 is 28.2 Å². The zero-order chi connectivity index (χ0) is 14.6. The van der Waals surface area contributed by atoms with Crippen molar-refractivity contribution in [2.45, 2.75) is 13.8 Å². The van der Waals surface area contributed by atoms with Crippen LogP contribution in [0.25, 0.3) is 0 Å². The number of carbonyl (C=O) groups is 2. The Hall–Kier alpha value is -2.18. The normalized spacial score (nSPS) is 10.4. The fraction of sp³-hybridized carbons (Fsp3) is 0.333. The quantitative estimate of drug-likeness (QED) is 0.884. The van der Waals surface area contributed by atoms with Crippen LogP contribution in [0, 0.1) is 17.6 Å². The van der Waals surface area contributed by atoms with Gasteiger partial charge in [-0.2, -0.15) is 0 Å². The highest BCUT2D eigenvalue weighted by Gasteiger charge is 2.17. The minimum absolute atomic E-state index is 0.0923. The molecule has 0 spiro atoms. The number of hydrogen-bond acceptors (Lipinski definition) is 3. The lowest BCUT2D eigenvalue weighted by Gasteiger charge is -2.11. The van der Waals surface area contributed by atoms with Crippen molar-refractivity contribution in [3.05, 3.63) is 29.3 Å². The van der Waals surface area contributed by atoms with Crippen LogP contribution in [-0.2, 0) is 4.74 Å². The molecule has 19 heavy (non-hydrogen) atoms. The Labute approximate surface area is 108 Å². The summed E-state index contributed by atoms with van der Waals surface area (Å²) < 4.78 is 30.7. The highest BCUT2D eigenvalue weighted by molar-refractivity contribution is 5.98. The number of halogens is 2. The van der Waals surface area contributed by atoms with Gasteiger partial charge in [0.1, 0.15) is 0 Å². The van der Waals surface area contributed by atoms with Crippen molar-refractivity contribution in [1.82, 2.24) is 0 Å². The number of aromatic carboxylic acids is 1. The summed E-state index contributed by atoms with van der Waals surface area (Å²) in [5, 5.41) is 10.9. The highest BCUT2D eigenvalue weighted by Crippen LogP contribution is 2.20. The summed E-state index contributed by atoms with van der Waals surface area (Å²) in [6.45, 7) is 3.75. The Balaban J connectivity index is 2.90. The Morgan fingerprint density at radius 3 is 2.42 bits per heavy atom. The number of anilines is 1. The summed E-state index contributed by atoms with van der Waals surface area (Å²) in [6, 6.07) is 1.09. The molecule has 0 radical (unpaired) electrons. The van der Waals surface area contributed by atoms with Crippen LogP contribution >= 0.6 is 0 Å². The first kappa shape index (κ1) is 14.9. The van der Waals surface area contributed by atoms with Crippen molar-refractivity contribution >= 4 is 17.7 Å². The highest BCUT2D eigenvalue weighted by atomic mass is 19.2.